The van der Waals surface area contributed by atoms with Gasteiger partial charge in [0.1, 0.15) is 17.3 Å². The van der Waals surface area contributed by atoms with Gasteiger partial charge >= 0.3 is 0 Å². The van der Waals surface area contributed by atoms with Gasteiger partial charge in [0, 0.05) is 5.88 Å². The maximum Gasteiger partial charge on any atom is 0.280 e. The molecule has 14 heavy (non-hydrogen) atoms. The van der Waals surface area contributed by atoms with Gasteiger partial charge in [-0.05, 0) is 11.6 Å². The molecule has 0 bridgehead atoms. The van der Waals surface area contributed by atoms with Gasteiger partial charge in [0.2, 0.25) is 5.95 Å². The van der Waals surface area contributed by atoms with Crippen molar-refractivity contribution in [3.63, 3.8) is 0 Å². The Bertz CT molecular complexity index is 387. The van der Waals surface area contributed by atoms with Crippen LogP contribution in [0.4, 0.5) is 13.2 Å². The average Bonchev–Trinajstić information content (AvgIpc) is 2.16. The first kappa shape index (κ1) is 10.8. The molecule has 1 aromatic heterocycles. The molecule has 0 aliphatic heterocycles. The zero-order valence-corrected chi connectivity index (χ0v) is 7.52. The lowest BCUT2D eigenvalue weighted by molar-refractivity contribution is 0.144. The third-order valence-electron chi connectivity index (χ3n) is 1.56. The van der Waals surface area contributed by atoms with Crippen molar-refractivity contribution < 1.29 is 13.2 Å². The smallest absolute Gasteiger partial charge is 0.218 e. The highest BCUT2D eigenvalue weighted by Crippen LogP contribution is 2.22. The number of nitriles is 1. The van der Waals surface area contributed by atoms with Crippen LogP contribution >= 0.6 is 11.6 Å². The second-order valence-electron chi connectivity index (χ2n) is 2.42. The lowest BCUT2D eigenvalue weighted by Crippen LogP contribution is -2.01. The number of pyridine rings is 1. The molecule has 2 nitrogen and oxygen atoms in total. The van der Waals surface area contributed by atoms with Gasteiger partial charge in [0.05, 0.1) is 0 Å². The van der Waals surface area contributed by atoms with Crippen LogP contribution in [0.15, 0.2) is 6.07 Å². The Morgan fingerprint density at radius 1 is 1.57 bits per heavy atom. The molecule has 0 aliphatic carbocycles. The van der Waals surface area contributed by atoms with Gasteiger partial charge in [-0.1, -0.05) is 0 Å². The molecule has 0 atom stereocenters. The fraction of sp³-hybridized carbons (Fsp3) is 0.250. The summed E-state index contributed by atoms with van der Waals surface area (Å²) >= 11 is 5.37. The van der Waals surface area contributed by atoms with Crippen LogP contribution in [0.1, 0.15) is 23.2 Å². The number of halogens is 4. The molecular weight excluding hydrogens is 217 g/mol. The predicted molar refractivity (Wildman–Crippen MR) is 43.4 cm³/mol. The highest BCUT2D eigenvalue weighted by Gasteiger charge is 2.16. The van der Waals surface area contributed by atoms with Crippen LogP contribution in [-0.4, -0.2) is 4.98 Å². The van der Waals surface area contributed by atoms with Crippen LogP contribution < -0.4 is 0 Å². The second-order valence-corrected chi connectivity index (χ2v) is 2.69. The Balaban J connectivity index is 3.33. The van der Waals surface area contributed by atoms with Crippen molar-refractivity contribution in [3.8, 4) is 6.07 Å². The fourth-order valence-electron chi connectivity index (χ4n) is 0.920. The summed E-state index contributed by atoms with van der Waals surface area (Å²) < 4.78 is 37.2. The SMILES string of the molecule is N#Cc1c(CCl)cc(C(F)F)nc1F. The largest absolute Gasteiger partial charge is 0.280 e. The Kier molecular flexibility index (Phi) is 3.31. The van der Waals surface area contributed by atoms with E-state index in [0.29, 0.717) is 0 Å². The molecule has 0 fully saturated rings. The zero-order chi connectivity index (χ0) is 10.7. The molecule has 0 saturated heterocycles. The normalized spacial score (nSPS) is 10.3. The molecule has 0 saturated carbocycles. The van der Waals surface area contributed by atoms with Gasteiger partial charge in [-0.2, -0.15) is 9.65 Å². The highest BCUT2D eigenvalue weighted by atomic mass is 35.5. The van der Waals surface area contributed by atoms with Gasteiger partial charge in [0.25, 0.3) is 6.43 Å². The molecule has 1 heterocycles. The Labute approximate surface area is 82.9 Å². The average molecular weight is 221 g/mol. The van der Waals surface area contributed by atoms with Gasteiger partial charge in [0.15, 0.2) is 0 Å². The number of hydrogen-bond donors (Lipinski definition) is 0. The molecule has 0 unspecified atom stereocenters. The van der Waals surface area contributed by atoms with Crippen molar-refractivity contribution >= 4 is 11.6 Å². The topological polar surface area (TPSA) is 36.7 Å². The minimum atomic E-state index is -2.88. The summed E-state index contributed by atoms with van der Waals surface area (Å²) in [4.78, 5) is 2.95. The van der Waals surface area contributed by atoms with Crippen LogP contribution in [0.5, 0.6) is 0 Å². The Morgan fingerprint density at radius 3 is 2.64 bits per heavy atom. The lowest BCUT2D eigenvalue weighted by Gasteiger charge is -2.04. The van der Waals surface area contributed by atoms with Crippen LogP contribution in [0.2, 0.25) is 0 Å². The molecular formula is C8H4ClF3N2. The van der Waals surface area contributed by atoms with Crippen molar-refractivity contribution in [2.75, 3.05) is 0 Å². The predicted octanol–water partition coefficient (Wildman–Crippen LogP) is 2.77. The van der Waals surface area contributed by atoms with E-state index in [9.17, 15) is 13.2 Å². The van der Waals surface area contributed by atoms with E-state index in [2.05, 4.69) is 4.98 Å². The van der Waals surface area contributed by atoms with Crippen molar-refractivity contribution in [2.24, 2.45) is 0 Å². The molecule has 1 aromatic rings. The number of hydrogen-bond acceptors (Lipinski definition) is 2. The van der Waals surface area contributed by atoms with E-state index in [-0.39, 0.29) is 17.0 Å². The van der Waals surface area contributed by atoms with Crippen LogP contribution in [-0.2, 0) is 5.88 Å². The summed E-state index contributed by atoms with van der Waals surface area (Å²) in [5.41, 5.74) is -1.07. The highest BCUT2D eigenvalue weighted by molar-refractivity contribution is 6.17. The summed E-state index contributed by atoms with van der Waals surface area (Å²) in [6.07, 6.45) is -2.88. The van der Waals surface area contributed by atoms with Gasteiger partial charge in [-0.15, -0.1) is 11.6 Å². The summed E-state index contributed by atoms with van der Waals surface area (Å²) in [6, 6.07) is 2.44. The lowest BCUT2D eigenvalue weighted by atomic mass is 10.1. The summed E-state index contributed by atoms with van der Waals surface area (Å²) in [5, 5.41) is 8.48. The Morgan fingerprint density at radius 2 is 2.21 bits per heavy atom. The number of aromatic nitrogens is 1. The van der Waals surface area contributed by atoms with E-state index in [4.69, 9.17) is 16.9 Å². The molecule has 6 heteroatoms. The minimum Gasteiger partial charge on any atom is -0.218 e. The van der Waals surface area contributed by atoms with Gasteiger partial charge in [-0.25, -0.2) is 13.8 Å². The minimum absolute atomic E-state index is 0.0250. The summed E-state index contributed by atoms with van der Waals surface area (Å²) in [6.45, 7) is 0. The van der Waals surface area contributed by atoms with Gasteiger partial charge in [-0.3, -0.25) is 0 Å². The van der Waals surface area contributed by atoms with Crippen molar-refractivity contribution in [3.05, 3.63) is 28.8 Å². The molecule has 0 aromatic carbocycles. The van der Waals surface area contributed by atoms with Crippen molar-refractivity contribution in [2.45, 2.75) is 12.3 Å². The first-order chi connectivity index (χ1) is 6.60. The van der Waals surface area contributed by atoms with Gasteiger partial charge < -0.3 is 0 Å². The molecule has 0 aliphatic rings. The molecule has 0 spiro atoms. The second kappa shape index (κ2) is 4.29. The first-order valence-corrected chi connectivity index (χ1v) is 4.07. The molecule has 0 N–H and O–H groups in total. The zero-order valence-electron chi connectivity index (χ0n) is 6.77. The molecule has 74 valence electrons. The van der Waals surface area contributed by atoms with Crippen LogP contribution in [0.25, 0.3) is 0 Å². The van der Waals surface area contributed by atoms with E-state index in [0.717, 1.165) is 6.07 Å². The third-order valence-corrected chi connectivity index (χ3v) is 1.84. The number of rotatable bonds is 2. The maximum atomic E-state index is 12.9. The van der Waals surface area contributed by atoms with E-state index in [1.807, 2.05) is 0 Å². The van der Waals surface area contributed by atoms with E-state index >= 15 is 0 Å². The quantitative estimate of drug-likeness (QED) is 0.568. The molecule has 0 amide bonds. The molecule has 0 radical (unpaired) electrons. The monoisotopic (exact) mass is 220 g/mol. The fourth-order valence-corrected chi connectivity index (χ4v) is 1.13. The maximum absolute atomic E-state index is 12.9. The Hall–Kier alpha value is -1.28. The number of alkyl halides is 3. The third kappa shape index (κ3) is 1.96. The van der Waals surface area contributed by atoms with Crippen LogP contribution in [0.3, 0.4) is 0 Å². The summed E-state index contributed by atoms with van der Waals surface area (Å²) in [7, 11) is 0. The first-order valence-electron chi connectivity index (χ1n) is 3.53. The van der Waals surface area contributed by atoms with Crippen molar-refractivity contribution in [1.82, 2.24) is 4.98 Å². The summed E-state index contributed by atoms with van der Waals surface area (Å²) in [5.74, 6) is -1.41. The van der Waals surface area contributed by atoms with E-state index in [1.165, 1.54) is 6.07 Å². The van der Waals surface area contributed by atoms with Crippen molar-refractivity contribution in [1.29, 1.82) is 5.26 Å². The standard InChI is InChI=1S/C8H4ClF3N2/c9-2-4-1-6(7(10)11)14-8(12)5(4)3-13/h1,7H,2H2. The van der Waals surface area contributed by atoms with E-state index < -0.39 is 18.1 Å². The number of nitrogens with zero attached hydrogens (tertiary/aromatic N) is 2. The van der Waals surface area contributed by atoms with Crippen LogP contribution in [0, 0.1) is 17.3 Å². The van der Waals surface area contributed by atoms with E-state index in [1.54, 1.807) is 0 Å². The molecule has 1 rings (SSSR count).